The maximum absolute atomic E-state index is 12.8. The van der Waals surface area contributed by atoms with Gasteiger partial charge in [0.15, 0.2) is 0 Å². The molecule has 0 radical (unpaired) electrons. The molecule has 2 aromatic carbocycles. The Morgan fingerprint density at radius 1 is 1.18 bits per heavy atom. The highest BCUT2D eigenvalue weighted by atomic mass is 79.9. The summed E-state index contributed by atoms with van der Waals surface area (Å²) in [5.41, 5.74) is 0.616. The summed E-state index contributed by atoms with van der Waals surface area (Å²) in [5, 5.41) is 3.06. The Bertz CT molecular complexity index is 991. The number of sulfonamides is 1. The van der Waals surface area contributed by atoms with Gasteiger partial charge in [0.2, 0.25) is 10.0 Å². The molecule has 1 saturated carbocycles. The molecule has 9 heteroatoms. The van der Waals surface area contributed by atoms with E-state index in [1.807, 2.05) is 0 Å². The molecule has 0 bridgehead atoms. The molecular weight excluding hydrogens is 468 g/mol. The van der Waals surface area contributed by atoms with E-state index in [0.29, 0.717) is 10.7 Å². The molecule has 0 unspecified atom stereocenters. The van der Waals surface area contributed by atoms with E-state index in [-0.39, 0.29) is 22.3 Å². The number of benzene rings is 2. The first kappa shape index (κ1) is 21.1. The van der Waals surface area contributed by atoms with Crippen molar-refractivity contribution in [3.63, 3.8) is 0 Å². The quantitative estimate of drug-likeness (QED) is 0.624. The average molecular weight is 488 g/mol. The molecule has 0 spiro atoms. The van der Waals surface area contributed by atoms with Gasteiger partial charge in [0, 0.05) is 16.1 Å². The molecule has 2 N–H and O–H groups in total. The van der Waals surface area contributed by atoms with Gasteiger partial charge < -0.3 is 10.1 Å². The van der Waals surface area contributed by atoms with E-state index >= 15 is 0 Å². The van der Waals surface area contributed by atoms with Crippen molar-refractivity contribution in [2.75, 3.05) is 12.4 Å². The van der Waals surface area contributed by atoms with Gasteiger partial charge in [-0.05, 0) is 49.2 Å². The number of halogens is 2. The van der Waals surface area contributed by atoms with E-state index in [1.165, 1.54) is 25.3 Å². The molecule has 0 aromatic heterocycles. The third kappa shape index (κ3) is 4.86. The minimum Gasteiger partial charge on any atom is -0.495 e. The number of carbonyl (C=O) groups is 1. The number of hydrogen-bond acceptors (Lipinski definition) is 4. The van der Waals surface area contributed by atoms with Gasteiger partial charge in [-0.2, -0.15) is 0 Å². The minimum atomic E-state index is -3.82. The smallest absolute Gasteiger partial charge is 0.255 e. The van der Waals surface area contributed by atoms with Gasteiger partial charge in [-0.15, -0.1) is 0 Å². The van der Waals surface area contributed by atoms with Gasteiger partial charge in [0.1, 0.15) is 10.6 Å². The van der Waals surface area contributed by atoms with Crippen LogP contribution in [0.25, 0.3) is 0 Å². The third-order valence-electron chi connectivity index (χ3n) is 4.57. The van der Waals surface area contributed by atoms with Gasteiger partial charge >= 0.3 is 0 Å². The van der Waals surface area contributed by atoms with Crippen LogP contribution in [0.3, 0.4) is 0 Å². The number of methoxy groups -OCH3 is 1. The number of anilines is 1. The standard InChI is InChI=1S/C19H20BrClN2O4S/c1-27-17-9-6-12(19(24)22-16-8-7-13(20)11-15(16)21)10-18(17)28(25,26)23-14-4-2-3-5-14/h6-11,14,23H,2-5H2,1H3,(H,22,24). The van der Waals surface area contributed by atoms with Gasteiger partial charge in [0.05, 0.1) is 17.8 Å². The molecule has 28 heavy (non-hydrogen) atoms. The zero-order valence-electron chi connectivity index (χ0n) is 15.2. The molecule has 0 saturated heterocycles. The number of amides is 1. The highest BCUT2D eigenvalue weighted by Crippen LogP contribution is 2.29. The Morgan fingerprint density at radius 3 is 2.54 bits per heavy atom. The van der Waals surface area contributed by atoms with Crippen LogP contribution < -0.4 is 14.8 Å². The van der Waals surface area contributed by atoms with Crippen molar-refractivity contribution < 1.29 is 17.9 Å². The summed E-state index contributed by atoms with van der Waals surface area (Å²) in [4.78, 5) is 12.6. The van der Waals surface area contributed by atoms with E-state index in [1.54, 1.807) is 18.2 Å². The monoisotopic (exact) mass is 486 g/mol. The summed E-state index contributed by atoms with van der Waals surface area (Å²) in [6.07, 6.45) is 3.62. The van der Waals surface area contributed by atoms with Crippen LogP contribution in [-0.2, 0) is 10.0 Å². The van der Waals surface area contributed by atoms with Crippen LogP contribution in [0.2, 0.25) is 5.02 Å². The van der Waals surface area contributed by atoms with Crippen molar-refractivity contribution in [2.24, 2.45) is 0 Å². The largest absolute Gasteiger partial charge is 0.495 e. The van der Waals surface area contributed by atoms with Crippen LogP contribution in [-0.4, -0.2) is 27.5 Å². The molecule has 0 heterocycles. The molecule has 1 aliphatic carbocycles. The van der Waals surface area contributed by atoms with Crippen molar-refractivity contribution in [1.82, 2.24) is 4.72 Å². The van der Waals surface area contributed by atoms with E-state index in [9.17, 15) is 13.2 Å². The summed E-state index contributed by atoms with van der Waals surface area (Å²) in [6.45, 7) is 0. The molecule has 1 aliphatic rings. The molecule has 150 valence electrons. The Kier molecular flexibility index (Phi) is 6.65. The number of ether oxygens (including phenoxy) is 1. The van der Waals surface area contributed by atoms with Gasteiger partial charge in [-0.3, -0.25) is 4.79 Å². The SMILES string of the molecule is COc1ccc(C(=O)Nc2ccc(Br)cc2Cl)cc1S(=O)(=O)NC1CCCC1. The average Bonchev–Trinajstić information content (AvgIpc) is 3.15. The fourth-order valence-corrected chi connectivity index (χ4v) is 5.36. The van der Waals surface area contributed by atoms with Gasteiger partial charge in [-0.1, -0.05) is 40.4 Å². The van der Waals surface area contributed by atoms with E-state index in [2.05, 4.69) is 26.0 Å². The molecule has 1 amide bonds. The molecule has 3 rings (SSSR count). The van der Waals surface area contributed by atoms with Crippen LogP contribution >= 0.6 is 27.5 Å². The van der Waals surface area contributed by atoms with Crippen LogP contribution in [0.1, 0.15) is 36.0 Å². The van der Waals surface area contributed by atoms with Gasteiger partial charge in [-0.25, -0.2) is 13.1 Å². The second-order valence-corrected chi connectivity index (χ2v) is 9.55. The first-order valence-corrected chi connectivity index (χ1v) is 11.4. The van der Waals surface area contributed by atoms with Crippen molar-refractivity contribution in [3.05, 3.63) is 51.5 Å². The highest BCUT2D eigenvalue weighted by Gasteiger charge is 2.26. The summed E-state index contributed by atoms with van der Waals surface area (Å²) in [5.74, 6) is -0.284. The van der Waals surface area contributed by atoms with E-state index < -0.39 is 15.9 Å². The molecule has 1 fully saturated rings. The van der Waals surface area contributed by atoms with Crippen LogP contribution in [0, 0.1) is 0 Å². The highest BCUT2D eigenvalue weighted by molar-refractivity contribution is 9.10. The summed E-state index contributed by atoms with van der Waals surface area (Å²) in [6, 6.07) is 9.28. The van der Waals surface area contributed by atoms with Crippen LogP contribution in [0.5, 0.6) is 5.75 Å². The molecule has 0 aliphatic heterocycles. The normalized spacial score (nSPS) is 14.8. The van der Waals surface area contributed by atoms with Crippen molar-refractivity contribution in [3.8, 4) is 5.75 Å². The predicted octanol–water partition coefficient (Wildman–Crippen LogP) is 4.58. The maximum atomic E-state index is 12.8. The van der Waals surface area contributed by atoms with E-state index in [0.717, 1.165) is 30.2 Å². The second-order valence-electron chi connectivity index (χ2n) is 6.55. The van der Waals surface area contributed by atoms with Crippen molar-refractivity contribution in [1.29, 1.82) is 0 Å². The summed E-state index contributed by atoms with van der Waals surface area (Å²) in [7, 11) is -2.42. The van der Waals surface area contributed by atoms with Crippen molar-refractivity contribution in [2.45, 2.75) is 36.6 Å². The Labute approximate surface area is 177 Å². The lowest BCUT2D eigenvalue weighted by Gasteiger charge is -2.16. The number of rotatable bonds is 6. The third-order valence-corrected chi connectivity index (χ3v) is 6.92. The Balaban J connectivity index is 1.88. The zero-order valence-corrected chi connectivity index (χ0v) is 18.3. The minimum absolute atomic E-state index is 0.0588. The predicted molar refractivity (Wildman–Crippen MR) is 113 cm³/mol. The Hall–Kier alpha value is -1.61. The lowest BCUT2D eigenvalue weighted by molar-refractivity contribution is 0.102. The second kappa shape index (κ2) is 8.82. The van der Waals surface area contributed by atoms with Crippen LogP contribution in [0.15, 0.2) is 45.8 Å². The molecule has 2 aromatic rings. The molecule has 6 nitrogen and oxygen atoms in total. The number of hydrogen-bond donors (Lipinski definition) is 2. The Morgan fingerprint density at radius 2 is 1.89 bits per heavy atom. The fourth-order valence-electron chi connectivity index (χ4n) is 3.14. The summed E-state index contributed by atoms with van der Waals surface area (Å²) >= 11 is 9.44. The topological polar surface area (TPSA) is 84.5 Å². The molecule has 0 atom stereocenters. The number of carbonyl (C=O) groups excluding carboxylic acids is 1. The molecular formula is C19H20BrClN2O4S. The first-order valence-electron chi connectivity index (χ1n) is 8.77. The van der Waals surface area contributed by atoms with Crippen molar-refractivity contribution >= 4 is 49.1 Å². The fraction of sp³-hybridized carbons (Fsp3) is 0.316. The lowest BCUT2D eigenvalue weighted by atomic mass is 10.2. The van der Waals surface area contributed by atoms with Gasteiger partial charge in [0.25, 0.3) is 5.91 Å². The zero-order chi connectivity index (χ0) is 20.3. The first-order chi connectivity index (χ1) is 13.3. The van der Waals surface area contributed by atoms with E-state index in [4.69, 9.17) is 16.3 Å². The maximum Gasteiger partial charge on any atom is 0.255 e. The lowest BCUT2D eigenvalue weighted by Crippen LogP contribution is -2.33. The number of nitrogens with one attached hydrogen (secondary N) is 2. The summed E-state index contributed by atoms with van der Waals surface area (Å²) < 4.78 is 34.4. The van der Waals surface area contributed by atoms with Crippen LogP contribution in [0.4, 0.5) is 5.69 Å².